The lowest BCUT2D eigenvalue weighted by molar-refractivity contribution is 0.439. The number of alkyl halides is 2. The molecule has 0 unspecified atom stereocenters. The molecule has 0 atom stereocenters. The van der Waals surface area contributed by atoms with E-state index in [1.165, 1.54) is 5.56 Å². The molecular weight excluding hydrogens is 407 g/mol. The molecule has 0 fully saturated rings. The zero-order chi connectivity index (χ0) is 11.5. The maximum Gasteiger partial charge on any atom is 0.0449 e. The Hall–Kier alpha value is 0.950. The number of benzene rings is 1. The minimum Gasteiger partial charge on any atom is -0.0922 e. The first-order chi connectivity index (χ1) is 7.00. The smallest absolute Gasteiger partial charge is 0.0449 e. The van der Waals surface area contributed by atoms with E-state index in [1.54, 1.807) is 0 Å². The fourth-order valence-electron chi connectivity index (χ4n) is 1.26. The predicted molar refractivity (Wildman–Crippen MR) is 78.6 cm³/mol. The van der Waals surface area contributed by atoms with E-state index in [1.807, 2.05) is 12.1 Å². The molecule has 0 bridgehead atoms. The highest BCUT2D eigenvalue weighted by molar-refractivity contribution is 9.10. The lowest BCUT2D eigenvalue weighted by Crippen LogP contribution is -2.23. The van der Waals surface area contributed by atoms with Crippen molar-refractivity contribution in [2.24, 2.45) is 5.41 Å². The summed E-state index contributed by atoms with van der Waals surface area (Å²) in [6.07, 6.45) is 0.968. The van der Waals surface area contributed by atoms with Gasteiger partial charge in [-0.2, -0.15) is 0 Å². The maximum atomic E-state index is 6.19. The zero-order valence-corrected chi connectivity index (χ0v) is 13.9. The second-order valence-corrected chi connectivity index (χ2v) is 6.43. The van der Waals surface area contributed by atoms with Gasteiger partial charge in [0.2, 0.25) is 0 Å². The van der Waals surface area contributed by atoms with E-state index < -0.39 is 0 Å². The van der Waals surface area contributed by atoms with Crippen LogP contribution in [0.1, 0.15) is 12.5 Å². The Morgan fingerprint density at radius 3 is 2.33 bits per heavy atom. The van der Waals surface area contributed by atoms with Gasteiger partial charge in [-0.3, -0.25) is 0 Å². The Kier molecular flexibility index (Phi) is 5.64. The molecule has 0 spiro atoms. The van der Waals surface area contributed by atoms with E-state index in [0.29, 0.717) is 0 Å². The Morgan fingerprint density at radius 1 is 1.27 bits per heavy atom. The molecule has 1 aromatic rings. The zero-order valence-electron chi connectivity index (χ0n) is 8.37. The molecule has 0 aliphatic rings. The van der Waals surface area contributed by atoms with Crippen LogP contribution in [0.5, 0.6) is 0 Å². The minimum atomic E-state index is 0.206. The summed E-state index contributed by atoms with van der Waals surface area (Å²) in [5.74, 6) is 0. The quantitative estimate of drug-likeness (QED) is 0.570. The van der Waals surface area contributed by atoms with Crippen LogP contribution in [0, 0.1) is 5.41 Å². The lowest BCUT2D eigenvalue weighted by atomic mass is 9.88. The van der Waals surface area contributed by atoms with Crippen molar-refractivity contribution >= 4 is 59.4 Å². The van der Waals surface area contributed by atoms with Gasteiger partial charge in [0.15, 0.2) is 0 Å². The third-order valence-electron chi connectivity index (χ3n) is 2.28. The molecule has 0 aliphatic heterocycles. The van der Waals surface area contributed by atoms with Gasteiger partial charge in [0.25, 0.3) is 0 Å². The average Bonchev–Trinajstić information content (AvgIpc) is 2.22. The molecule has 0 N–H and O–H groups in total. The minimum absolute atomic E-state index is 0.206. The molecular formula is C11H12Br3Cl. The van der Waals surface area contributed by atoms with Crippen molar-refractivity contribution in [3.63, 3.8) is 0 Å². The molecule has 1 rings (SSSR count). The molecule has 0 saturated carbocycles. The highest BCUT2D eigenvalue weighted by Gasteiger charge is 2.23. The van der Waals surface area contributed by atoms with E-state index in [2.05, 4.69) is 60.8 Å². The van der Waals surface area contributed by atoms with Crippen molar-refractivity contribution < 1.29 is 0 Å². The summed E-state index contributed by atoms with van der Waals surface area (Å²) in [4.78, 5) is 0. The topological polar surface area (TPSA) is 0 Å². The van der Waals surface area contributed by atoms with Gasteiger partial charge in [-0.15, -0.1) is 0 Å². The van der Waals surface area contributed by atoms with Crippen LogP contribution in [-0.2, 0) is 6.42 Å². The molecule has 0 nitrogen and oxygen atoms in total. The lowest BCUT2D eigenvalue weighted by Gasteiger charge is -2.25. The maximum absolute atomic E-state index is 6.19. The van der Waals surface area contributed by atoms with Crippen LogP contribution in [0.4, 0.5) is 0 Å². The third-order valence-corrected chi connectivity index (χ3v) is 5.83. The molecule has 84 valence electrons. The van der Waals surface area contributed by atoms with Gasteiger partial charge in [-0.1, -0.05) is 72.4 Å². The summed E-state index contributed by atoms with van der Waals surface area (Å²) >= 11 is 16.7. The van der Waals surface area contributed by atoms with Crippen LogP contribution >= 0.6 is 59.4 Å². The molecule has 1 aromatic carbocycles. The van der Waals surface area contributed by atoms with Crippen LogP contribution in [0.2, 0.25) is 5.02 Å². The van der Waals surface area contributed by atoms with Gasteiger partial charge >= 0.3 is 0 Å². The van der Waals surface area contributed by atoms with Crippen molar-refractivity contribution in [2.75, 3.05) is 10.7 Å². The Labute approximate surface area is 121 Å². The second kappa shape index (κ2) is 6.04. The standard InChI is InChI=1S/C11H12Br3Cl/c1-11(6-12,7-13)5-8-2-3-9(14)4-10(8)15/h2-4H,5-7H2,1H3. The molecule has 0 aliphatic carbocycles. The van der Waals surface area contributed by atoms with Gasteiger partial charge in [0.05, 0.1) is 0 Å². The number of hydrogen-bond donors (Lipinski definition) is 0. The number of hydrogen-bond acceptors (Lipinski definition) is 0. The molecule has 0 radical (unpaired) electrons. The fraction of sp³-hybridized carbons (Fsp3) is 0.455. The summed E-state index contributed by atoms with van der Waals surface area (Å²) in [5, 5.41) is 2.74. The van der Waals surface area contributed by atoms with Gasteiger partial charge < -0.3 is 0 Å². The number of halogens is 4. The SMILES string of the molecule is CC(CBr)(CBr)Cc1ccc(Br)cc1Cl. The Bertz CT molecular complexity index is 335. The van der Waals surface area contributed by atoms with E-state index in [0.717, 1.165) is 26.6 Å². The summed E-state index contributed by atoms with van der Waals surface area (Å²) in [6, 6.07) is 6.06. The normalized spacial score (nSPS) is 11.8. The number of rotatable bonds is 4. The van der Waals surface area contributed by atoms with Gasteiger partial charge in [0, 0.05) is 20.2 Å². The van der Waals surface area contributed by atoms with Crippen molar-refractivity contribution in [3.8, 4) is 0 Å². The largest absolute Gasteiger partial charge is 0.0922 e. The highest BCUT2D eigenvalue weighted by atomic mass is 79.9. The van der Waals surface area contributed by atoms with Crippen molar-refractivity contribution in [1.82, 2.24) is 0 Å². The summed E-state index contributed by atoms with van der Waals surface area (Å²) in [5.41, 5.74) is 1.40. The van der Waals surface area contributed by atoms with Crippen molar-refractivity contribution in [3.05, 3.63) is 33.3 Å². The van der Waals surface area contributed by atoms with Crippen molar-refractivity contribution in [2.45, 2.75) is 13.3 Å². The molecule has 0 aromatic heterocycles. The van der Waals surface area contributed by atoms with E-state index in [9.17, 15) is 0 Å². The first-order valence-electron chi connectivity index (χ1n) is 4.56. The van der Waals surface area contributed by atoms with Crippen LogP contribution in [0.3, 0.4) is 0 Å². The molecule has 0 amide bonds. The Balaban J connectivity index is 2.89. The highest BCUT2D eigenvalue weighted by Crippen LogP contribution is 2.31. The fourth-order valence-corrected chi connectivity index (χ4v) is 3.32. The second-order valence-electron chi connectivity index (χ2n) is 3.99. The first kappa shape index (κ1) is 14.0. The Morgan fingerprint density at radius 2 is 1.87 bits per heavy atom. The van der Waals surface area contributed by atoms with Gasteiger partial charge in [-0.25, -0.2) is 0 Å². The van der Waals surface area contributed by atoms with Gasteiger partial charge in [-0.05, 0) is 29.5 Å². The summed E-state index contributed by atoms with van der Waals surface area (Å²) < 4.78 is 1.02. The first-order valence-corrected chi connectivity index (χ1v) is 7.98. The van der Waals surface area contributed by atoms with Crippen LogP contribution in [0.15, 0.2) is 22.7 Å². The summed E-state index contributed by atoms with van der Waals surface area (Å²) in [7, 11) is 0. The van der Waals surface area contributed by atoms with Crippen LogP contribution in [0.25, 0.3) is 0 Å². The summed E-state index contributed by atoms with van der Waals surface area (Å²) in [6.45, 7) is 2.23. The van der Waals surface area contributed by atoms with E-state index >= 15 is 0 Å². The average molecular weight is 419 g/mol. The molecule has 0 heterocycles. The van der Waals surface area contributed by atoms with Crippen LogP contribution < -0.4 is 0 Å². The van der Waals surface area contributed by atoms with Crippen LogP contribution in [-0.4, -0.2) is 10.7 Å². The molecule has 15 heavy (non-hydrogen) atoms. The molecule has 0 saturated heterocycles. The van der Waals surface area contributed by atoms with E-state index in [-0.39, 0.29) is 5.41 Å². The predicted octanol–water partition coefficient (Wildman–Crippen LogP) is 5.44. The third kappa shape index (κ3) is 4.03. The van der Waals surface area contributed by atoms with Crippen molar-refractivity contribution in [1.29, 1.82) is 0 Å². The van der Waals surface area contributed by atoms with Gasteiger partial charge in [0.1, 0.15) is 0 Å². The monoisotopic (exact) mass is 416 g/mol. The van der Waals surface area contributed by atoms with E-state index in [4.69, 9.17) is 11.6 Å². The molecule has 4 heteroatoms.